The number of amides is 2. The molecule has 0 aromatic heterocycles. The highest BCUT2D eigenvalue weighted by molar-refractivity contribution is 5.81. The predicted molar refractivity (Wildman–Crippen MR) is 65.9 cm³/mol. The number of nitrogens with zero attached hydrogens (tertiary/aromatic N) is 2. The third kappa shape index (κ3) is 3.39. The second kappa shape index (κ2) is 5.30. The second-order valence-electron chi connectivity index (χ2n) is 5.06. The molecule has 0 heterocycles. The van der Waals surface area contributed by atoms with Crippen molar-refractivity contribution in [2.45, 2.75) is 31.7 Å². The number of urea groups is 1. The minimum absolute atomic E-state index is 0.0908. The molecule has 5 nitrogen and oxygen atoms in total. The maximum atomic E-state index is 12.3. The lowest BCUT2D eigenvalue weighted by molar-refractivity contribution is -0.137. The highest BCUT2D eigenvalue weighted by Gasteiger charge is 2.37. The number of hydrogen-bond acceptors (Lipinski definition) is 2. The average Bonchev–Trinajstić information content (AvgIpc) is 3.15. The van der Waals surface area contributed by atoms with Crippen LogP contribution in [-0.2, 0) is 4.79 Å². The van der Waals surface area contributed by atoms with Crippen LogP contribution in [0, 0.1) is 18.3 Å². The molecule has 0 aromatic carbocycles. The summed E-state index contributed by atoms with van der Waals surface area (Å²) in [7, 11) is 0. The standard InChI is InChI=1S/C13H18N2O3/c1-2-7-14(8-10-3-4-10)13(18)15(9-12(16)17)11-5-6-11/h1,10-11H,3-9H2,(H,16,17). The Bertz CT molecular complexity index is 380. The average molecular weight is 250 g/mol. The number of carbonyl (C=O) groups excluding carboxylic acids is 1. The smallest absolute Gasteiger partial charge is 0.323 e. The molecule has 0 saturated heterocycles. The fourth-order valence-corrected chi connectivity index (χ4v) is 2.00. The molecule has 5 heteroatoms. The van der Waals surface area contributed by atoms with Gasteiger partial charge in [0.15, 0.2) is 0 Å². The van der Waals surface area contributed by atoms with Crippen LogP contribution in [0.5, 0.6) is 0 Å². The lowest BCUT2D eigenvalue weighted by Crippen LogP contribution is -2.47. The van der Waals surface area contributed by atoms with Crippen molar-refractivity contribution in [3.05, 3.63) is 0 Å². The molecule has 2 rings (SSSR count). The summed E-state index contributed by atoms with van der Waals surface area (Å²) in [6, 6.07) is -0.127. The van der Waals surface area contributed by atoms with Crippen molar-refractivity contribution in [1.29, 1.82) is 0 Å². The van der Waals surface area contributed by atoms with Crippen LogP contribution in [0.25, 0.3) is 0 Å². The Hall–Kier alpha value is -1.70. The van der Waals surface area contributed by atoms with Crippen LogP contribution in [0.2, 0.25) is 0 Å². The summed E-state index contributed by atoms with van der Waals surface area (Å²) in [6.45, 7) is 0.694. The van der Waals surface area contributed by atoms with Crippen LogP contribution in [0.1, 0.15) is 25.7 Å². The van der Waals surface area contributed by atoms with E-state index in [1.807, 2.05) is 0 Å². The van der Waals surface area contributed by atoms with E-state index in [1.54, 1.807) is 4.90 Å². The maximum Gasteiger partial charge on any atom is 0.323 e. The predicted octanol–water partition coefficient (Wildman–Crippen LogP) is 1.00. The van der Waals surface area contributed by atoms with E-state index < -0.39 is 5.97 Å². The molecule has 0 unspecified atom stereocenters. The first-order valence-electron chi connectivity index (χ1n) is 6.32. The van der Waals surface area contributed by atoms with Gasteiger partial charge in [-0.15, -0.1) is 6.42 Å². The number of carbonyl (C=O) groups is 2. The molecule has 2 aliphatic rings. The molecule has 98 valence electrons. The van der Waals surface area contributed by atoms with Gasteiger partial charge in [0.25, 0.3) is 0 Å². The topological polar surface area (TPSA) is 60.9 Å². The van der Waals surface area contributed by atoms with Crippen molar-refractivity contribution in [3.8, 4) is 12.3 Å². The third-order valence-electron chi connectivity index (χ3n) is 3.27. The third-order valence-corrected chi connectivity index (χ3v) is 3.27. The molecular formula is C13H18N2O3. The van der Waals surface area contributed by atoms with E-state index in [4.69, 9.17) is 11.5 Å². The SMILES string of the molecule is C#CCN(CC1CC1)C(=O)N(CC(=O)O)C1CC1. The van der Waals surface area contributed by atoms with E-state index in [0.29, 0.717) is 12.5 Å². The molecule has 0 aromatic rings. The molecule has 0 radical (unpaired) electrons. The normalized spacial score (nSPS) is 17.9. The van der Waals surface area contributed by atoms with Gasteiger partial charge in [0.1, 0.15) is 6.54 Å². The van der Waals surface area contributed by atoms with E-state index in [1.165, 1.54) is 4.90 Å². The minimum Gasteiger partial charge on any atom is -0.480 e. The number of rotatable bonds is 6. The molecule has 2 fully saturated rings. The van der Waals surface area contributed by atoms with Crippen LogP contribution in [0.15, 0.2) is 0 Å². The molecular weight excluding hydrogens is 232 g/mol. The zero-order valence-corrected chi connectivity index (χ0v) is 10.3. The lowest BCUT2D eigenvalue weighted by Gasteiger charge is -2.28. The van der Waals surface area contributed by atoms with Gasteiger partial charge in [0.05, 0.1) is 6.54 Å². The number of terminal acetylenes is 1. The summed E-state index contributed by atoms with van der Waals surface area (Å²) in [6.07, 6.45) is 9.34. The Morgan fingerprint density at radius 1 is 1.28 bits per heavy atom. The highest BCUT2D eigenvalue weighted by atomic mass is 16.4. The summed E-state index contributed by atoms with van der Waals surface area (Å²) in [5.41, 5.74) is 0. The summed E-state index contributed by atoms with van der Waals surface area (Å²) >= 11 is 0. The monoisotopic (exact) mass is 250 g/mol. The largest absolute Gasteiger partial charge is 0.480 e. The van der Waals surface area contributed by atoms with Crippen molar-refractivity contribution in [2.75, 3.05) is 19.6 Å². The Kier molecular flexibility index (Phi) is 3.75. The van der Waals surface area contributed by atoms with Gasteiger partial charge in [-0.25, -0.2) is 4.79 Å². The van der Waals surface area contributed by atoms with Crippen molar-refractivity contribution < 1.29 is 14.7 Å². The van der Waals surface area contributed by atoms with Gasteiger partial charge in [0.2, 0.25) is 0 Å². The van der Waals surface area contributed by atoms with Gasteiger partial charge in [-0.3, -0.25) is 4.79 Å². The molecule has 18 heavy (non-hydrogen) atoms. The first-order chi connectivity index (χ1) is 8.61. The zero-order valence-electron chi connectivity index (χ0n) is 10.3. The molecule has 0 spiro atoms. The van der Waals surface area contributed by atoms with E-state index in [-0.39, 0.29) is 25.2 Å². The van der Waals surface area contributed by atoms with E-state index in [2.05, 4.69) is 5.92 Å². The Morgan fingerprint density at radius 3 is 2.39 bits per heavy atom. The minimum atomic E-state index is -0.970. The number of carboxylic acids is 1. The molecule has 0 aliphatic heterocycles. The molecule has 2 amide bonds. The first kappa shape index (κ1) is 12.7. The molecule has 0 bridgehead atoms. The Labute approximate surface area is 107 Å². The summed E-state index contributed by atoms with van der Waals surface area (Å²) in [5, 5.41) is 8.86. The summed E-state index contributed by atoms with van der Waals surface area (Å²) in [4.78, 5) is 26.2. The fourth-order valence-electron chi connectivity index (χ4n) is 2.00. The van der Waals surface area contributed by atoms with Crippen LogP contribution >= 0.6 is 0 Å². The van der Waals surface area contributed by atoms with Crippen molar-refractivity contribution >= 4 is 12.0 Å². The quantitative estimate of drug-likeness (QED) is 0.715. The molecule has 2 aliphatic carbocycles. The Morgan fingerprint density at radius 2 is 1.94 bits per heavy atom. The van der Waals surface area contributed by atoms with Crippen LogP contribution in [-0.4, -0.2) is 52.6 Å². The van der Waals surface area contributed by atoms with Crippen LogP contribution in [0.3, 0.4) is 0 Å². The van der Waals surface area contributed by atoms with Gasteiger partial charge < -0.3 is 14.9 Å². The van der Waals surface area contributed by atoms with E-state index in [9.17, 15) is 9.59 Å². The van der Waals surface area contributed by atoms with Crippen molar-refractivity contribution in [2.24, 2.45) is 5.92 Å². The fraction of sp³-hybridized carbons (Fsp3) is 0.692. The van der Waals surface area contributed by atoms with Crippen molar-refractivity contribution in [1.82, 2.24) is 9.80 Å². The second-order valence-corrected chi connectivity index (χ2v) is 5.06. The van der Waals surface area contributed by atoms with Gasteiger partial charge in [-0.1, -0.05) is 5.92 Å². The first-order valence-corrected chi connectivity index (χ1v) is 6.32. The van der Waals surface area contributed by atoms with Gasteiger partial charge in [0, 0.05) is 12.6 Å². The lowest BCUT2D eigenvalue weighted by atomic mass is 10.3. The van der Waals surface area contributed by atoms with Crippen LogP contribution < -0.4 is 0 Å². The highest BCUT2D eigenvalue weighted by Crippen LogP contribution is 2.31. The van der Waals surface area contributed by atoms with Gasteiger partial charge in [-0.05, 0) is 31.6 Å². The number of aliphatic carboxylic acids is 1. The molecule has 1 N–H and O–H groups in total. The number of hydrogen-bond donors (Lipinski definition) is 1. The van der Waals surface area contributed by atoms with E-state index >= 15 is 0 Å². The Balaban J connectivity index is 1.98. The summed E-state index contributed by atoms with van der Waals surface area (Å²) in [5.74, 6) is 2.06. The van der Waals surface area contributed by atoms with Gasteiger partial charge in [-0.2, -0.15) is 0 Å². The van der Waals surface area contributed by atoms with E-state index in [0.717, 1.165) is 25.7 Å². The van der Waals surface area contributed by atoms with Gasteiger partial charge >= 0.3 is 12.0 Å². The molecule has 2 saturated carbocycles. The summed E-state index contributed by atoms with van der Waals surface area (Å²) < 4.78 is 0. The van der Waals surface area contributed by atoms with Crippen molar-refractivity contribution in [3.63, 3.8) is 0 Å². The number of carboxylic acid groups (broad SMARTS) is 1. The molecule has 0 atom stereocenters. The maximum absolute atomic E-state index is 12.3. The van der Waals surface area contributed by atoms with Crippen LogP contribution in [0.4, 0.5) is 4.79 Å². The zero-order chi connectivity index (χ0) is 13.1.